The minimum Gasteiger partial charge on any atom is -0.378 e. The highest BCUT2D eigenvalue weighted by molar-refractivity contribution is 8.16. The van der Waals surface area contributed by atoms with Crippen LogP contribution in [0.5, 0.6) is 0 Å². The number of halogens is 2. The largest absolute Gasteiger partial charge is 0.378 e. The number of hydrogen-bond donors (Lipinski definition) is 1. The quantitative estimate of drug-likeness (QED) is 0.773. The minimum atomic E-state index is -0.949. The molecule has 7 heteroatoms. The van der Waals surface area contributed by atoms with E-state index in [1.54, 1.807) is 24.5 Å². The van der Waals surface area contributed by atoms with E-state index < -0.39 is 17.2 Å². The van der Waals surface area contributed by atoms with Gasteiger partial charge in [0.25, 0.3) is 0 Å². The third kappa shape index (κ3) is 3.65. The van der Waals surface area contributed by atoms with Gasteiger partial charge in [0.2, 0.25) is 5.69 Å². The molecule has 1 aromatic heterocycles. The van der Waals surface area contributed by atoms with Gasteiger partial charge in [-0.25, -0.2) is 18.6 Å². The fourth-order valence-corrected chi connectivity index (χ4v) is 3.23. The first-order chi connectivity index (χ1) is 12.4. The third-order valence-electron chi connectivity index (χ3n) is 3.87. The van der Waals surface area contributed by atoms with Crippen LogP contribution in [0.3, 0.4) is 0 Å². The normalized spacial score (nSPS) is 19.8. The van der Waals surface area contributed by atoms with E-state index in [1.807, 2.05) is 0 Å². The molecule has 4 nitrogen and oxygen atoms in total. The molecule has 2 heterocycles. The van der Waals surface area contributed by atoms with Gasteiger partial charge < -0.3 is 5.73 Å². The molecule has 0 spiro atoms. The number of aromatic nitrogens is 1. The summed E-state index contributed by atoms with van der Waals surface area (Å²) in [5.74, 6) is -1.03. The molecule has 1 aliphatic rings. The topological polar surface area (TPSA) is 55.6 Å². The van der Waals surface area contributed by atoms with Crippen molar-refractivity contribution >= 4 is 34.5 Å². The van der Waals surface area contributed by atoms with Gasteiger partial charge in [0.1, 0.15) is 17.2 Å². The van der Waals surface area contributed by atoms with Crippen LogP contribution in [-0.4, -0.2) is 10.2 Å². The fraction of sp³-hybridized carbons (Fsp3) is 0.105. The van der Waals surface area contributed by atoms with Crippen LogP contribution < -0.4 is 5.73 Å². The molecule has 0 unspecified atom stereocenters. The van der Waals surface area contributed by atoms with E-state index in [9.17, 15) is 8.78 Å². The van der Waals surface area contributed by atoms with Gasteiger partial charge in [0.05, 0.1) is 12.3 Å². The van der Waals surface area contributed by atoms with Crippen molar-refractivity contribution < 1.29 is 8.78 Å². The summed E-state index contributed by atoms with van der Waals surface area (Å²) in [6.07, 6.45) is 4.32. The summed E-state index contributed by atoms with van der Waals surface area (Å²) in [6.45, 7) is 8.63. The molecule has 1 aliphatic heterocycles. The second-order valence-electron chi connectivity index (χ2n) is 5.76. The Balaban J connectivity index is 1.98. The van der Waals surface area contributed by atoms with Crippen LogP contribution in [0.2, 0.25) is 0 Å². The molecule has 1 aromatic carbocycles. The molecule has 26 heavy (non-hydrogen) atoms. The van der Waals surface area contributed by atoms with Gasteiger partial charge in [-0.2, -0.15) is 0 Å². The Morgan fingerprint density at radius 2 is 2.15 bits per heavy atom. The van der Waals surface area contributed by atoms with Gasteiger partial charge in [-0.1, -0.05) is 23.9 Å². The summed E-state index contributed by atoms with van der Waals surface area (Å²) in [7, 11) is 0. The lowest BCUT2D eigenvalue weighted by molar-refractivity contribution is 0.545. The molecular formula is C19H14F2N4S. The highest BCUT2D eigenvalue weighted by atomic mass is 32.2. The lowest BCUT2D eigenvalue weighted by Gasteiger charge is -2.25. The first-order valence-electron chi connectivity index (χ1n) is 7.62. The maximum absolute atomic E-state index is 14.5. The van der Waals surface area contributed by atoms with E-state index in [-0.39, 0.29) is 5.69 Å². The smallest absolute Gasteiger partial charge is 0.205 e. The summed E-state index contributed by atoms with van der Waals surface area (Å²) in [6, 6.07) is 7.21. The number of benzene rings is 1. The average molecular weight is 368 g/mol. The van der Waals surface area contributed by atoms with Crippen LogP contribution in [0.25, 0.3) is 16.7 Å². The number of nitrogens with zero attached hydrogens (tertiary/aromatic N) is 3. The SMILES string of the molecule is [C-]#[N+]c1ccc(/C(F)=C/c2ccc(F)c([C@]3(C)C=CSC(N)=N3)c2)nc1. The minimum absolute atomic E-state index is 0.103. The Hall–Kier alpha value is -2.98. The number of pyridine rings is 1. The van der Waals surface area contributed by atoms with Crippen molar-refractivity contribution in [2.75, 3.05) is 0 Å². The number of hydrogen-bond acceptors (Lipinski definition) is 4. The zero-order chi connectivity index (χ0) is 18.7. The van der Waals surface area contributed by atoms with E-state index in [2.05, 4.69) is 14.8 Å². The van der Waals surface area contributed by atoms with Crippen molar-refractivity contribution in [3.8, 4) is 0 Å². The van der Waals surface area contributed by atoms with Crippen molar-refractivity contribution in [3.63, 3.8) is 0 Å². The molecule has 2 aromatic rings. The first-order valence-corrected chi connectivity index (χ1v) is 8.50. The Bertz CT molecular complexity index is 974. The molecule has 0 radical (unpaired) electrons. The van der Waals surface area contributed by atoms with Gasteiger partial charge in [-0.15, -0.1) is 0 Å². The maximum atomic E-state index is 14.5. The summed E-state index contributed by atoms with van der Waals surface area (Å²) in [5, 5.41) is 2.10. The zero-order valence-electron chi connectivity index (χ0n) is 13.8. The van der Waals surface area contributed by atoms with Gasteiger partial charge in [0.15, 0.2) is 5.17 Å². The van der Waals surface area contributed by atoms with Gasteiger partial charge in [-0.05, 0) is 48.2 Å². The third-order valence-corrected chi connectivity index (χ3v) is 4.48. The van der Waals surface area contributed by atoms with Crippen LogP contribution in [0.15, 0.2) is 53.0 Å². The molecule has 1 atom stereocenters. The Morgan fingerprint density at radius 3 is 2.81 bits per heavy atom. The van der Waals surface area contributed by atoms with Crippen LogP contribution >= 0.6 is 11.8 Å². The standard InChI is InChI=1S/C19H14F2N4S/c1-19(7-8-26-18(22)25-19)14-9-12(3-5-15(14)20)10-16(21)17-6-4-13(23-2)11-24-17/h3-11H,1H3,(H2,22,25)/b16-10-/t19-/m0/s1. The molecule has 0 amide bonds. The van der Waals surface area contributed by atoms with E-state index in [0.717, 1.165) is 0 Å². The van der Waals surface area contributed by atoms with Gasteiger partial charge >= 0.3 is 0 Å². The lowest BCUT2D eigenvalue weighted by Crippen LogP contribution is -2.24. The van der Waals surface area contributed by atoms with Crippen molar-refractivity contribution in [1.82, 2.24) is 4.98 Å². The van der Waals surface area contributed by atoms with Crippen molar-refractivity contribution in [1.29, 1.82) is 0 Å². The zero-order valence-corrected chi connectivity index (χ0v) is 14.6. The summed E-state index contributed by atoms with van der Waals surface area (Å²) < 4.78 is 28.8. The van der Waals surface area contributed by atoms with E-state index in [1.165, 1.54) is 48.3 Å². The predicted molar refractivity (Wildman–Crippen MR) is 102 cm³/mol. The maximum Gasteiger partial charge on any atom is 0.205 e. The van der Waals surface area contributed by atoms with Gasteiger partial charge in [0, 0.05) is 11.8 Å². The summed E-state index contributed by atoms with van der Waals surface area (Å²) >= 11 is 1.26. The van der Waals surface area contributed by atoms with Crippen molar-refractivity contribution in [2.45, 2.75) is 12.5 Å². The van der Waals surface area contributed by atoms with Crippen LogP contribution in [0, 0.1) is 12.4 Å². The number of thioether (sulfide) groups is 1. The molecule has 0 aliphatic carbocycles. The Morgan fingerprint density at radius 1 is 1.35 bits per heavy atom. The highest BCUT2D eigenvalue weighted by Gasteiger charge is 2.28. The highest BCUT2D eigenvalue weighted by Crippen LogP contribution is 2.35. The van der Waals surface area contributed by atoms with Gasteiger partial charge in [-0.3, -0.25) is 4.98 Å². The second-order valence-corrected chi connectivity index (χ2v) is 6.69. The summed E-state index contributed by atoms with van der Waals surface area (Å²) in [4.78, 5) is 11.4. The van der Waals surface area contributed by atoms with Crippen LogP contribution in [0.4, 0.5) is 14.5 Å². The Labute approximate surface area is 154 Å². The molecule has 0 bridgehead atoms. The number of aliphatic imine (C=N–C) groups is 1. The molecule has 2 N–H and O–H groups in total. The molecule has 130 valence electrons. The van der Waals surface area contributed by atoms with Crippen molar-refractivity contribution in [2.24, 2.45) is 10.7 Å². The molecule has 3 rings (SSSR count). The Kier molecular flexibility index (Phi) is 4.87. The van der Waals surface area contributed by atoms with E-state index in [0.29, 0.717) is 22.0 Å². The predicted octanol–water partition coefficient (Wildman–Crippen LogP) is 5.03. The lowest BCUT2D eigenvalue weighted by atomic mass is 9.90. The molecular weight excluding hydrogens is 354 g/mol. The molecule has 0 saturated heterocycles. The fourth-order valence-electron chi connectivity index (χ4n) is 2.51. The summed E-state index contributed by atoms with van der Waals surface area (Å²) in [5.41, 5.74) is 6.01. The van der Waals surface area contributed by atoms with Crippen LogP contribution in [-0.2, 0) is 5.54 Å². The number of nitrogens with two attached hydrogens (primary N) is 1. The number of rotatable bonds is 3. The van der Waals surface area contributed by atoms with E-state index >= 15 is 0 Å². The van der Waals surface area contributed by atoms with Crippen molar-refractivity contribution in [3.05, 3.63) is 82.1 Å². The molecule has 0 saturated carbocycles. The first kappa shape index (κ1) is 17.8. The second kappa shape index (κ2) is 7.10. The molecule has 0 fully saturated rings. The number of amidine groups is 1. The van der Waals surface area contributed by atoms with Crippen LogP contribution in [0.1, 0.15) is 23.7 Å². The average Bonchev–Trinajstić information content (AvgIpc) is 2.63. The van der Waals surface area contributed by atoms with E-state index in [4.69, 9.17) is 12.3 Å². The monoisotopic (exact) mass is 368 g/mol.